The number of nitro benzene ring substituents is 1. The van der Waals surface area contributed by atoms with Gasteiger partial charge < -0.3 is 4.74 Å². The van der Waals surface area contributed by atoms with E-state index in [2.05, 4.69) is 0 Å². The maximum atomic E-state index is 12.9. The molecule has 1 saturated heterocycles. The van der Waals surface area contributed by atoms with Crippen molar-refractivity contribution in [2.45, 2.75) is 24.7 Å². The van der Waals surface area contributed by atoms with Gasteiger partial charge in [0.05, 0.1) is 4.92 Å². The molecule has 1 aliphatic rings. The second-order valence-electron chi connectivity index (χ2n) is 6.01. The molecule has 1 aliphatic heterocycles. The number of aryl methyl sites for hydroxylation is 1. The predicted octanol–water partition coefficient (Wildman–Crippen LogP) is 4.13. The summed E-state index contributed by atoms with van der Waals surface area (Å²) in [6, 6.07) is 8.52. The average Bonchev–Trinajstić information content (AvgIpc) is 3.13. The molecule has 7 nitrogen and oxygen atoms in total. The third-order valence-electron chi connectivity index (χ3n) is 4.18. The topological polar surface area (TPSA) is 89.7 Å². The van der Waals surface area contributed by atoms with E-state index in [0.717, 1.165) is 24.5 Å². The molecule has 0 unspecified atom stereocenters. The summed E-state index contributed by atoms with van der Waals surface area (Å²) in [5.41, 5.74) is 0.470. The summed E-state index contributed by atoms with van der Waals surface area (Å²) in [6.07, 6.45) is 1.53. The van der Waals surface area contributed by atoms with Gasteiger partial charge in [0.1, 0.15) is 16.4 Å². The lowest BCUT2D eigenvalue weighted by molar-refractivity contribution is -0.385. The maximum absolute atomic E-state index is 12.9. The van der Waals surface area contributed by atoms with Gasteiger partial charge in [-0.2, -0.15) is 4.31 Å². The van der Waals surface area contributed by atoms with E-state index in [1.165, 1.54) is 16.4 Å². The second-order valence-corrected chi connectivity index (χ2v) is 8.33. The highest BCUT2D eigenvalue weighted by Crippen LogP contribution is 2.35. The monoisotopic (exact) mass is 396 g/mol. The first-order chi connectivity index (χ1) is 12.3. The number of hydrogen-bond donors (Lipinski definition) is 0. The number of halogens is 1. The van der Waals surface area contributed by atoms with Crippen molar-refractivity contribution in [2.75, 3.05) is 13.1 Å². The van der Waals surface area contributed by atoms with E-state index in [-0.39, 0.29) is 16.3 Å². The maximum Gasteiger partial charge on any atom is 0.271 e. The van der Waals surface area contributed by atoms with Crippen molar-refractivity contribution in [3.8, 4) is 11.5 Å². The van der Waals surface area contributed by atoms with E-state index >= 15 is 0 Å². The summed E-state index contributed by atoms with van der Waals surface area (Å²) in [7, 11) is -3.89. The summed E-state index contributed by atoms with van der Waals surface area (Å²) in [6.45, 7) is 2.59. The zero-order valence-electron chi connectivity index (χ0n) is 14.0. The minimum Gasteiger partial charge on any atom is -0.456 e. The van der Waals surface area contributed by atoms with Crippen LogP contribution >= 0.6 is 11.6 Å². The van der Waals surface area contributed by atoms with Gasteiger partial charge in [-0.25, -0.2) is 8.42 Å². The molecule has 0 spiro atoms. The number of hydrogen-bond acceptors (Lipinski definition) is 5. The Morgan fingerprint density at radius 2 is 1.85 bits per heavy atom. The van der Waals surface area contributed by atoms with Crippen LogP contribution in [0.15, 0.2) is 41.3 Å². The second kappa shape index (κ2) is 7.22. The van der Waals surface area contributed by atoms with Gasteiger partial charge in [-0.15, -0.1) is 0 Å². The van der Waals surface area contributed by atoms with Crippen molar-refractivity contribution in [3.63, 3.8) is 0 Å². The third-order valence-corrected chi connectivity index (χ3v) is 6.52. The van der Waals surface area contributed by atoms with Crippen LogP contribution in [0.2, 0.25) is 5.02 Å². The van der Waals surface area contributed by atoms with Gasteiger partial charge in [0.25, 0.3) is 5.69 Å². The normalized spacial score (nSPS) is 15.2. The van der Waals surface area contributed by atoms with Gasteiger partial charge in [-0.05, 0) is 49.6 Å². The Hall–Kier alpha value is -2.16. The largest absolute Gasteiger partial charge is 0.456 e. The number of nitrogens with zero attached hydrogens (tertiary/aromatic N) is 2. The van der Waals surface area contributed by atoms with Gasteiger partial charge in [-0.3, -0.25) is 10.1 Å². The molecule has 26 heavy (non-hydrogen) atoms. The van der Waals surface area contributed by atoms with Crippen LogP contribution in [0.5, 0.6) is 11.5 Å². The van der Waals surface area contributed by atoms with Crippen molar-refractivity contribution < 1.29 is 18.1 Å². The zero-order valence-corrected chi connectivity index (χ0v) is 15.6. The molecular weight excluding hydrogens is 380 g/mol. The first-order valence-electron chi connectivity index (χ1n) is 8.01. The molecule has 0 aromatic heterocycles. The Bertz CT molecular complexity index is 956. The van der Waals surface area contributed by atoms with Crippen LogP contribution in [-0.4, -0.2) is 30.7 Å². The minimum atomic E-state index is -3.89. The molecule has 0 aliphatic carbocycles. The molecule has 1 heterocycles. The van der Waals surface area contributed by atoms with E-state index in [0.29, 0.717) is 23.9 Å². The lowest BCUT2D eigenvalue weighted by atomic mass is 10.2. The number of non-ortho nitro benzene ring substituents is 1. The fourth-order valence-corrected chi connectivity index (χ4v) is 4.54. The molecule has 0 bridgehead atoms. The standard InChI is InChI=1S/C17H17ClN2O5S/c1-12-10-14(5-6-15(12)18)25-16-7-4-13(20(21)22)11-17(16)26(23,24)19-8-2-3-9-19/h4-7,10-11H,2-3,8-9H2,1H3. The summed E-state index contributed by atoms with van der Waals surface area (Å²) >= 11 is 6.00. The number of ether oxygens (including phenoxy) is 1. The molecule has 3 rings (SSSR count). The molecule has 2 aromatic carbocycles. The van der Waals surface area contributed by atoms with Crippen LogP contribution in [0.4, 0.5) is 5.69 Å². The number of nitro groups is 1. The molecular formula is C17H17ClN2O5S. The molecule has 9 heteroatoms. The van der Waals surface area contributed by atoms with Crippen molar-refractivity contribution >= 4 is 27.3 Å². The SMILES string of the molecule is Cc1cc(Oc2ccc([N+](=O)[O-])cc2S(=O)(=O)N2CCCC2)ccc1Cl. The molecule has 0 N–H and O–H groups in total. The number of benzene rings is 2. The number of rotatable bonds is 5. The van der Waals surface area contributed by atoms with E-state index in [9.17, 15) is 18.5 Å². The average molecular weight is 397 g/mol. The van der Waals surface area contributed by atoms with Gasteiger partial charge in [0.2, 0.25) is 10.0 Å². The highest BCUT2D eigenvalue weighted by atomic mass is 35.5. The molecule has 0 atom stereocenters. The Labute approximate surface area is 156 Å². The van der Waals surface area contributed by atoms with Crippen LogP contribution in [0, 0.1) is 17.0 Å². The van der Waals surface area contributed by atoms with Crippen LogP contribution in [-0.2, 0) is 10.0 Å². The lowest BCUT2D eigenvalue weighted by Gasteiger charge is -2.18. The van der Waals surface area contributed by atoms with Crippen molar-refractivity contribution in [1.82, 2.24) is 4.31 Å². The molecule has 0 radical (unpaired) electrons. The summed E-state index contributed by atoms with van der Waals surface area (Å²) in [5.74, 6) is 0.447. The highest BCUT2D eigenvalue weighted by Gasteiger charge is 2.31. The molecule has 2 aromatic rings. The first-order valence-corrected chi connectivity index (χ1v) is 9.83. The van der Waals surface area contributed by atoms with Gasteiger partial charge in [-0.1, -0.05) is 11.6 Å². The van der Waals surface area contributed by atoms with Gasteiger partial charge in [0, 0.05) is 30.2 Å². The Morgan fingerprint density at radius 1 is 1.15 bits per heavy atom. The van der Waals surface area contributed by atoms with Crippen molar-refractivity contribution in [1.29, 1.82) is 0 Å². The fourth-order valence-electron chi connectivity index (χ4n) is 2.77. The lowest BCUT2D eigenvalue weighted by Crippen LogP contribution is -2.28. The summed E-state index contributed by atoms with van der Waals surface area (Å²) in [4.78, 5) is 10.3. The molecule has 138 valence electrons. The molecule has 1 fully saturated rings. The summed E-state index contributed by atoms with van der Waals surface area (Å²) in [5, 5.41) is 11.7. The van der Waals surface area contributed by atoms with E-state index in [4.69, 9.17) is 16.3 Å². The van der Waals surface area contributed by atoms with Crippen LogP contribution in [0.1, 0.15) is 18.4 Å². The van der Waals surface area contributed by atoms with E-state index in [1.54, 1.807) is 25.1 Å². The summed E-state index contributed by atoms with van der Waals surface area (Å²) < 4.78 is 33.0. The predicted molar refractivity (Wildman–Crippen MR) is 97.4 cm³/mol. The Kier molecular flexibility index (Phi) is 5.17. The molecule has 0 amide bonds. The Balaban J connectivity index is 2.06. The minimum absolute atomic E-state index is 0.0456. The van der Waals surface area contributed by atoms with Gasteiger partial charge in [0.15, 0.2) is 0 Å². The van der Waals surface area contributed by atoms with Crippen molar-refractivity contribution in [3.05, 3.63) is 57.1 Å². The van der Waals surface area contributed by atoms with Crippen LogP contribution < -0.4 is 4.74 Å². The number of sulfonamides is 1. The van der Waals surface area contributed by atoms with Crippen LogP contribution in [0.3, 0.4) is 0 Å². The van der Waals surface area contributed by atoms with Crippen molar-refractivity contribution in [2.24, 2.45) is 0 Å². The first kappa shape index (κ1) is 18.6. The fraction of sp³-hybridized carbons (Fsp3) is 0.294. The highest BCUT2D eigenvalue weighted by molar-refractivity contribution is 7.89. The van der Waals surface area contributed by atoms with E-state index in [1.807, 2.05) is 0 Å². The Morgan fingerprint density at radius 3 is 2.46 bits per heavy atom. The third kappa shape index (κ3) is 3.67. The quantitative estimate of drug-likeness (QED) is 0.559. The van der Waals surface area contributed by atoms with Gasteiger partial charge >= 0.3 is 0 Å². The zero-order chi connectivity index (χ0) is 18.9. The smallest absolute Gasteiger partial charge is 0.271 e. The van der Waals surface area contributed by atoms with Crippen LogP contribution in [0.25, 0.3) is 0 Å². The molecule has 0 saturated carbocycles. The van der Waals surface area contributed by atoms with E-state index < -0.39 is 14.9 Å².